The van der Waals surface area contributed by atoms with Gasteiger partial charge in [0.25, 0.3) is 17.7 Å². The van der Waals surface area contributed by atoms with Crippen molar-refractivity contribution in [2.45, 2.75) is 19.8 Å². The molecule has 0 spiro atoms. The van der Waals surface area contributed by atoms with Gasteiger partial charge in [-0.05, 0) is 49.1 Å². The highest BCUT2D eigenvalue weighted by Crippen LogP contribution is 2.25. The Morgan fingerprint density at radius 2 is 1.38 bits per heavy atom. The minimum atomic E-state index is -0.331. The highest BCUT2D eigenvalue weighted by molar-refractivity contribution is 6.22. The van der Waals surface area contributed by atoms with E-state index in [1.54, 1.807) is 23.1 Å². The predicted molar refractivity (Wildman–Crippen MR) is 124 cm³/mol. The van der Waals surface area contributed by atoms with Gasteiger partial charge in [0.1, 0.15) is 0 Å². The van der Waals surface area contributed by atoms with Crippen molar-refractivity contribution < 1.29 is 14.4 Å². The largest absolute Gasteiger partial charge is 0.339 e. The molecule has 0 unspecified atom stereocenters. The summed E-state index contributed by atoms with van der Waals surface area (Å²) in [6, 6.07) is 24.6. The zero-order valence-corrected chi connectivity index (χ0v) is 18.2. The molecule has 3 aromatic carbocycles. The molecule has 0 saturated heterocycles. The van der Waals surface area contributed by atoms with Crippen LogP contribution >= 0.6 is 0 Å². The number of carbonyl (C=O) groups is 3. The molecule has 0 aromatic heterocycles. The number of carbonyl (C=O) groups excluding carboxylic acids is 3. The van der Waals surface area contributed by atoms with E-state index in [2.05, 4.69) is 0 Å². The quantitative estimate of drug-likeness (QED) is 0.507. The summed E-state index contributed by atoms with van der Waals surface area (Å²) in [6.45, 7) is 3.42. The first-order valence-electron chi connectivity index (χ1n) is 11.0. The van der Waals surface area contributed by atoms with Crippen molar-refractivity contribution in [2.75, 3.05) is 19.6 Å². The number of fused-ring (bicyclic) bond motifs is 1. The topological polar surface area (TPSA) is 57.7 Å². The van der Waals surface area contributed by atoms with Crippen molar-refractivity contribution in [3.8, 4) is 0 Å². The molecule has 5 heteroatoms. The van der Waals surface area contributed by atoms with Gasteiger partial charge in [-0.2, -0.15) is 0 Å². The normalized spacial score (nSPS) is 12.7. The number of amides is 3. The second kappa shape index (κ2) is 9.60. The van der Waals surface area contributed by atoms with E-state index in [1.165, 1.54) is 10.5 Å². The third kappa shape index (κ3) is 4.47. The Balaban J connectivity index is 1.46. The van der Waals surface area contributed by atoms with Crippen molar-refractivity contribution in [1.82, 2.24) is 9.80 Å². The van der Waals surface area contributed by atoms with Gasteiger partial charge in [0.05, 0.1) is 11.1 Å². The summed E-state index contributed by atoms with van der Waals surface area (Å²) in [7, 11) is 0. The van der Waals surface area contributed by atoms with Gasteiger partial charge in [-0.1, -0.05) is 60.7 Å². The molecule has 1 heterocycles. The van der Waals surface area contributed by atoms with E-state index in [0.717, 1.165) is 12.0 Å². The van der Waals surface area contributed by atoms with Crippen LogP contribution in [0.4, 0.5) is 0 Å². The predicted octanol–water partition coefficient (Wildman–Crippen LogP) is 4.23. The Morgan fingerprint density at radius 1 is 0.781 bits per heavy atom. The molecule has 5 nitrogen and oxygen atoms in total. The molecule has 0 aliphatic carbocycles. The lowest BCUT2D eigenvalue weighted by atomic mass is 10.0. The molecular formula is C27H26N2O3. The van der Waals surface area contributed by atoms with Gasteiger partial charge in [-0.3, -0.25) is 19.3 Å². The standard InChI is InChI=1S/C27H26N2O3/c1-2-28(17-15-20-9-5-3-6-10-20)25(30)22-13-14-23-24(19-22)27(32)29(26(23)31)18-16-21-11-7-4-8-12-21/h3-14,19H,2,15-18H2,1H3. The molecule has 0 bridgehead atoms. The Bertz CT molecular complexity index is 1130. The molecule has 0 N–H and O–H groups in total. The zero-order valence-electron chi connectivity index (χ0n) is 18.2. The van der Waals surface area contributed by atoms with E-state index in [1.807, 2.05) is 67.6 Å². The smallest absolute Gasteiger partial charge is 0.261 e. The summed E-state index contributed by atoms with van der Waals surface area (Å²) in [5, 5.41) is 0. The Hall–Kier alpha value is -3.73. The number of imide groups is 1. The first-order valence-corrected chi connectivity index (χ1v) is 11.0. The first kappa shape index (κ1) is 21.5. The molecule has 162 valence electrons. The van der Waals surface area contributed by atoms with E-state index in [4.69, 9.17) is 0 Å². The monoisotopic (exact) mass is 426 g/mol. The minimum absolute atomic E-state index is 0.130. The van der Waals surface area contributed by atoms with E-state index in [9.17, 15) is 14.4 Å². The molecule has 0 saturated carbocycles. The van der Waals surface area contributed by atoms with Crippen LogP contribution in [0.5, 0.6) is 0 Å². The summed E-state index contributed by atoms with van der Waals surface area (Å²) in [5.74, 6) is -0.756. The van der Waals surface area contributed by atoms with E-state index in [-0.39, 0.29) is 17.7 Å². The van der Waals surface area contributed by atoms with Crippen LogP contribution < -0.4 is 0 Å². The Kier molecular flexibility index (Phi) is 6.45. The second-order valence-electron chi connectivity index (χ2n) is 7.88. The van der Waals surface area contributed by atoms with Crippen LogP contribution in [-0.2, 0) is 12.8 Å². The second-order valence-corrected chi connectivity index (χ2v) is 7.88. The molecule has 0 radical (unpaired) electrons. The van der Waals surface area contributed by atoms with Gasteiger partial charge < -0.3 is 4.90 Å². The average molecular weight is 427 g/mol. The lowest BCUT2D eigenvalue weighted by molar-refractivity contribution is 0.0655. The van der Waals surface area contributed by atoms with Gasteiger partial charge >= 0.3 is 0 Å². The van der Waals surface area contributed by atoms with E-state index in [0.29, 0.717) is 42.7 Å². The van der Waals surface area contributed by atoms with Crippen molar-refractivity contribution >= 4 is 17.7 Å². The minimum Gasteiger partial charge on any atom is -0.339 e. The maximum Gasteiger partial charge on any atom is 0.261 e. The SMILES string of the molecule is CCN(CCc1ccccc1)C(=O)c1ccc2c(c1)C(=O)N(CCc1ccccc1)C2=O. The number of hydrogen-bond donors (Lipinski definition) is 0. The molecule has 3 aromatic rings. The first-order chi connectivity index (χ1) is 15.6. The van der Waals surface area contributed by atoms with Crippen LogP contribution in [-0.4, -0.2) is 47.2 Å². The highest BCUT2D eigenvalue weighted by Gasteiger charge is 2.35. The number of hydrogen-bond acceptors (Lipinski definition) is 3. The van der Waals surface area contributed by atoms with Gasteiger partial charge in [-0.15, -0.1) is 0 Å². The van der Waals surface area contributed by atoms with Crippen molar-refractivity contribution in [3.63, 3.8) is 0 Å². The Labute approximate surface area is 188 Å². The lowest BCUT2D eigenvalue weighted by Crippen LogP contribution is -2.33. The summed E-state index contributed by atoms with van der Waals surface area (Å²) < 4.78 is 0. The van der Waals surface area contributed by atoms with Crippen LogP contribution in [0.1, 0.15) is 49.1 Å². The number of likely N-dealkylation sites (N-methyl/N-ethyl adjacent to an activating group) is 1. The average Bonchev–Trinajstić information content (AvgIpc) is 3.08. The van der Waals surface area contributed by atoms with Crippen LogP contribution in [0.15, 0.2) is 78.9 Å². The lowest BCUT2D eigenvalue weighted by Gasteiger charge is -2.21. The summed E-state index contributed by atoms with van der Waals surface area (Å²) in [4.78, 5) is 41.8. The van der Waals surface area contributed by atoms with Crippen LogP contribution in [0.3, 0.4) is 0 Å². The molecule has 32 heavy (non-hydrogen) atoms. The Morgan fingerprint density at radius 3 is 2.00 bits per heavy atom. The summed E-state index contributed by atoms with van der Waals surface area (Å²) in [6.07, 6.45) is 1.36. The molecule has 0 atom stereocenters. The van der Waals surface area contributed by atoms with Crippen LogP contribution in [0.2, 0.25) is 0 Å². The highest BCUT2D eigenvalue weighted by atomic mass is 16.2. The van der Waals surface area contributed by atoms with Crippen molar-refractivity contribution in [3.05, 3.63) is 107 Å². The molecule has 0 fully saturated rings. The fourth-order valence-electron chi connectivity index (χ4n) is 4.01. The van der Waals surface area contributed by atoms with E-state index < -0.39 is 0 Å². The van der Waals surface area contributed by atoms with Gasteiger partial charge in [0.15, 0.2) is 0 Å². The molecule has 1 aliphatic rings. The summed E-state index contributed by atoms with van der Waals surface area (Å²) >= 11 is 0. The van der Waals surface area contributed by atoms with Crippen LogP contribution in [0, 0.1) is 0 Å². The van der Waals surface area contributed by atoms with E-state index >= 15 is 0 Å². The van der Waals surface area contributed by atoms with Crippen LogP contribution in [0.25, 0.3) is 0 Å². The number of nitrogens with zero attached hydrogens (tertiary/aromatic N) is 2. The summed E-state index contributed by atoms with van der Waals surface area (Å²) in [5.41, 5.74) is 3.35. The van der Waals surface area contributed by atoms with Crippen molar-refractivity contribution in [1.29, 1.82) is 0 Å². The fourth-order valence-corrected chi connectivity index (χ4v) is 4.01. The fraction of sp³-hybridized carbons (Fsp3) is 0.222. The number of rotatable bonds is 8. The zero-order chi connectivity index (χ0) is 22.5. The van der Waals surface area contributed by atoms with Gasteiger partial charge in [-0.25, -0.2) is 0 Å². The van der Waals surface area contributed by atoms with Crippen molar-refractivity contribution in [2.24, 2.45) is 0 Å². The third-order valence-electron chi connectivity index (χ3n) is 5.87. The maximum atomic E-state index is 13.1. The van der Waals surface area contributed by atoms with Gasteiger partial charge in [0.2, 0.25) is 0 Å². The number of benzene rings is 3. The molecular weight excluding hydrogens is 400 g/mol. The maximum absolute atomic E-state index is 13.1. The molecule has 3 amide bonds. The third-order valence-corrected chi connectivity index (χ3v) is 5.87. The molecule has 4 rings (SSSR count). The molecule has 1 aliphatic heterocycles. The van der Waals surface area contributed by atoms with Gasteiger partial charge in [0, 0.05) is 25.2 Å².